The van der Waals surface area contributed by atoms with Crippen molar-refractivity contribution in [2.45, 2.75) is 13.3 Å². The van der Waals surface area contributed by atoms with Crippen molar-refractivity contribution in [1.29, 1.82) is 0 Å². The molecule has 5 nitrogen and oxygen atoms in total. The van der Waals surface area contributed by atoms with E-state index in [9.17, 15) is 4.79 Å². The van der Waals surface area contributed by atoms with Crippen molar-refractivity contribution < 1.29 is 14.3 Å². The van der Waals surface area contributed by atoms with E-state index in [2.05, 4.69) is 10.3 Å². The lowest BCUT2D eigenvalue weighted by molar-refractivity contribution is -0.116. The first kappa shape index (κ1) is 20.2. The second-order valence-corrected chi connectivity index (χ2v) is 7.44. The normalized spacial score (nSPS) is 11.1. The molecule has 0 fully saturated rings. The molecule has 0 unspecified atom stereocenters. The molecular formula is C21H21ClN2O3S. The number of hydrogen-bond acceptors (Lipinski definition) is 5. The Morgan fingerprint density at radius 1 is 1.32 bits per heavy atom. The third-order valence-electron chi connectivity index (χ3n) is 3.94. The van der Waals surface area contributed by atoms with Crippen LogP contribution in [0, 0.1) is 0 Å². The van der Waals surface area contributed by atoms with Crippen LogP contribution in [0.2, 0.25) is 5.02 Å². The lowest BCUT2D eigenvalue weighted by Gasteiger charge is -2.11. The Labute approximate surface area is 173 Å². The van der Waals surface area contributed by atoms with E-state index in [1.807, 2.05) is 31.2 Å². The van der Waals surface area contributed by atoms with Gasteiger partial charge in [-0.3, -0.25) is 4.79 Å². The van der Waals surface area contributed by atoms with Crippen LogP contribution in [0.1, 0.15) is 17.5 Å². The molecule has 0 aliphatic rings. The summed E-state index contributed by atoms with van der Waals surface area (Å²) in [6, 6.07) is 11.5. The number of para-hydroxylation sites is 1. The molecular weight excluding hydrogens is 396 g/mol. The highest BCUT2D eigenvalue weighted by Crippen LogP contribution is 2.36. The number of methoxy groups -OCH3 is 1. The predicted octanol–water partition coefficient (Wildman–Crippen LogP) is 4.73. The van der Waals surface area contributed by atoms with Gasteiger partial charge in [0, 0.05) is 19.0 Å². The molecule has 0 bridgehead atoms. The van der Waals surface area contributed by atoms with Gasteiger partial charge < -0.3 is 14.8 Å². The standard InChI is InChI=1S/C21H21ClN2O3S/c1-3-27-17-13-14(12-15(22)21(17)26-2)8-9-19(25)23-11-10-20-24-16-6-4-5-7-18(16)28-20/h4-9,12-13H,3,10-11H2,1-2H3,(H,23,25)/b9-8+. The number of thiazole rings is 1. The molecule has 28 heavy (non-hydrogen) atoms. The summed E-state index contributed by atoms with van der Waals surface area (Å²) < 4.78 is 12.0. The minimum absolute atomic E-state index is 0.175. The number of ether oxygens (including phenoxy) is 2. The second-order valence-electron chi connectivity index (χ2n) is 5.92. The van der Waals surface area contributed by atoms with Crippen molar-refractivity contribution in [3.8, 4) is 11.5 Å². The van der Waals surface area contributed by atoms with E-state index in [4.69, 9.17) is 21.1 Å². The Morgan fingerprint density at radius 2 is 2.14 bits per heavy atom. The molecule has 0 atom stereocenters. The molecule has 0 saturated heterocycles. The maximum absolute atomic E-state index is 12.1. The van der Waals surface area contributed by atoms with Gasteiger partial charge >= 0.3 is 0 Å². The number of rotatable bonds is 8. The highest BCUT2D eigenvalue weighted by atomic mass is 35.5. The molecule has 3 rings (SSSR count). The van der Waals surface area contributed by atoms with Crippen LogP contribution in [0.4, 0.5) is 0 Å². The highest BCUT2D eigenvalue weighted by Gasteiger charge is 2.10. The first-order valence-corrected chi connectivity index (χ1v) is 10.1. The summed E-state index contributed by atoms with van der Waals surface area (Å²) >= 11 is 7.87. The fraction of sp³-hybridized carbons (Fsp3) is 0.238. The lowest BCUT2D eigenvalue weighted by Crippen LogP contribution is -2.23. The topological polar surface area (TPSA) is 60.5 Å². The van der Waals surface area contributed by atoms with Crippen molar-refractivity contribution in [3.05, 3.63) is 58.1 Å². The zero-order valence-electron chi connectivity index (χ0n) is 15.7. The molecule has 7 heteroatoms. The van der Waals surface area contributed by atoms with Gasteiger partial charge in [0.15, 0.2) is 11.5 Å². The van der Waals surface area contributed by atoms with Crippen LogP contribution in [0.5, 0.6) is 11.5 Å². The van der Waals surface area contributed by atoms with E-state index in [1.54, 1.807) is 29.5 Å². The Hall–Kier alpha value is -2.57. The number of nitrogens with one attached hydrogen (secondary N) is 1. The SMILES string of the molecule is CCOc1cc(/C=C/C(=O)NCCc2nc3ccccc3s2)cc(Cl)c1OC. The van der Waals surface area contributed by atoms with E-state index < -0.39 is 0 Å². The summed E-state index contributed by atoms with van der Waals surface area (Å²) in [7, 11) is 1.54. The van der Waals surface area contributed by atoms with Gasteiger partial charge in [-0.2, -0.15) is 0 Å². The average Bonchev–Trinajstić information content (AvgIpc) is 3.09. The van der Waals surface area contributed by atoms with Gasteiger partial charge in [0.2, 0.25) is 5.91 Å². The molecule has 1 amide bonds. The van der Waals surface area contributed by atoms with Crippen LogP contribution in [0.3, 0.4) is 0 Å². The summed E-state index contributed by atoms with van der Waals surface area (Å²) in [5.41, 5.74) is 1.76. The second kappa shape index (κ2) is 9.57. The predicted molar refractivity (Wildman–Crippen MR) is 115 cm³/mol. The minimum atomic E-state index is -0.175. The fourth-order valence-corrected chi connectivity index (χ4v) is 3.96. The van der Waals surface area contributed by atoms with E-state index in [-0.39, 0.29) is 5.91 Å². The van der Waals surface area contributed by atoms with E-state index >= 15 is 0 Å². The molecule has 0 spiro atoms. The summed E-state index contributed by atoms with van der Waals surface area (Å²) in [5, 5.41) is 4.32. The minimum Gasteiger partial charge on any atom is -0.491 e. The fourth-order valence-electron chi connectivity index (χ4n) is 2.70. The van der Waals surface area contributed by atoms with Gasteiger partial charge in [-0.1, -0.05) is 23.7 Å². The Kier molecular flexibility index (Phi) is 6.90. The molecule has 0 aliphatic carbocycles. The number of amides is 1. The summed E-state index contributed by atoms with van der Waals surface area (Å²) in [6.45, 7) is 2.90. The van der Waals surface area contributed by atoms with Crippen LogP contribution < -0.4 is 14.8 Å². The summed E-state index contributed by atoms with van der Waals surface area (Å²) in [4.78, 5) is 16.7. The third-order valence-corrected chi connectivity index (χ3v) is 5.32. The number of fused-ring (bicyclic) bond motifs is 1. The maximum atomic E-state index is 12.1. The molecule has 1 heterocycles. The maximum Gasteiger partial charge on any atom is 0.244 e. The monoisotopic (exact) mass is 416 g/mol. The molecule has 0 radical (unpaired) electrons. The third kappa shape index (κ3) is 5.03. The molecule has 146 valence electrons. The van der Waals surface area contributed by atoms with Gasteiger partial charge in [0.1, 0.15) is 0 Å². The van der Waals surface area contributed by atoms with Crippen molar-refractivity contribution in [1.82, 2.24) is 10.3 Å². The molecule has 2 aromatic carbocycles. The number of halogens is 1. The number of carbonyl (C=O) groups is 1. The van der Waals surface area contributed by atoms with Crippen molar-refractivity contribution in [3.63, 3.8) is 0 Å². The van der Waals surface area contributed by atoms with Crippen molar-refractivity contribution in [2.75, 3.05) is 20.3 Å². The van der Waals surface area contributed by atoms with Crippen LogP contribution >= 0.6 is 22.9 Å². The largest absolute Gasteiger partial charge is 0.491 e. The van der Waals surface area contributed by atoms with E-state index in [1.165, 1.54) is 13.2 Å². The number of aromatic nitrogens is 1. The molecule has 0 saturated carbocycles. The van der Waals surface area contributed by atoms with Gasteiger partial charge in [-0.05, 0) is 42.8 Å². The van der Waals surface area contributed by atoms with E-state index in [0.29, 0.717) is 36.1 Å². The van der Waals surface area contributed by atoms with Crippen LogP contribution in [-0.4, -0.2) is 31.2 Å². The highest BCUT2D eigenvalue weighted by molar-refractivity contribution is 7.18. The van der Waals surface area contributed by atoms with Gasteiger partial charge in [-0.15, -0.1) is 11.3 Å². The smallest absolute Gasteiger partial charge is 0.244 e. The summed E-state index contributed by atoms with van der Waals surface area (Å²) in [5.74, 6) is 0.861. The average molecular weight is 417 g/mol. The molecule has 3 aromatic rings. The van der Waals surface area contributed by atoms with E-state index in [0.717, 1.165) is 20.8 Å². The Balaban J connectivity index is 1.57. The Bertz CT molecular complexity index is 967. The first-order valence-electron chi connectivity index (χ1n) is 8.91. The first-order chi connectivity index (χ1) is 13.6. The zero-order valence-corrected chi connectivity index (χ0v) is 17.3. The summed E-state index contributed by atoms with van der Waals surface area (Å²) in [6.07, 6.45) is 3.87. The van der Waals surface area contributed by atoms with Gasteiger partial charge in [-0.25, -0.2) is 4.98 Å². The number of nitrogens with zero attached hydrogens (tertiary/aromatic N) is 1. The molecule has 1 N–H and O–H groups in total. The van der Waals surface area contributed by atoms with Crippen molar-refractivity contribution in [2.24, 2.45) is 0 Å². The quantitative estimate of drug-likeness (QED) is 0.539. The molecule has 1 aromatic heterocycles. The zero-order chi connectivity index (χ0) is 19.9. The van der Waals surface area contributed by atoms with Gasteiger partial charge in [0.05, 0.1) is 34.0 Å². The molecule has 0 aliphatic heterocycles. The van der Waals surface area contributed by atoms with Crippen LogP contribution in [0.25, 0.3) is 16.3 Å². The van der Waals surface area contributed by atoms with Crippen LogP contribution in [-0.2, 0) is 11.2 Å². The lowest BCUT2D eigenvalue weighted by atomic mass is 10.2. The Morgan fingerprint density at radius 3 is 2.89 bits per heavy atom. The van der Waals surface area contributed by atoms with Crippen molar-refractivity contribution >= 4 is 45.1 Å². The number of hydrogen-bond donors (Lipinski definition) is 1. The number of carbonyl (C=O) groups excluding carboxylic acids is 1. The number of benzene rings is 2. The van der Waals surface area contributed by atoms with Gasteiger partial charge in [0.25, 0.3) is 0 Å². The van der Waals surface area contributed by atoms with Crippen LogP contribution in [0.15, 0.2) is 42.5 Å².